The zero-order chi connectivity index (χ0) is 15.2. The van der Waals surface area contributed by atoms with E-state index in [1.54, 1.807) is 7.11 Å². The van der Waals surface area contributed by atoms with Gasteiger partial charge in [-0.25, -0.2) is 9.97 Å². The van der Waals surface area contributed by atoms with Crippen molar-refractivity contribution in [1.29, 1.82) is 0 Å². The van der Waals surface area contributed by atoms with E-state index in [2.05, 4.69) is 26.1 Å². The third-order valence-corrected chi connectivity index (χ3v) is 4.53. The van der Waals surface area contributed by atoms with E-state index in [4.69, 9.17) is 14.7 Å². The number of nitrogens with zero attached hydrogens (tertiary/aromatic N) is 2. The Morgan fingerprint density at radius 2 is 1.90 bits per heavy atom. The molecule has 0 bridgehead atoms. The number of aryl methyl sites for hydroxylation is 1. The van der Waals surface area contributed by atoms with Gasteiger partial charge in [-0.15, -0.1) is 0 Å². The highest BCUT2D eigenvalue weighted by Crippen LogP contribution is 2.36. The summed E-state index contributed by atoms with van der Waals surface area (Å²) in [6, 6.07) is 0. The summed E-state index contributed by atoms with van der Waals surface area (Å²) in [5.41, 5.74) is 2.30. The molecule has 118 valence electrons. The quantitative estimate of drug-likeness (QED) is 0.859. The number of hydrogen-bond donors (Lipinski definition) is 1. The normalized spacial score (nSPS) is 17.7. The number of ether oxygens (including phenoxy) is 1. The zero-order valence-electron chi connectivity index (χ0n) is 13.9. The number of anilines is 1. The van der Waals surface area contributed by atoms with Gasteiger partial charge in [0, 0.05) is 24.9 Å². The number of aromatic nitrogens is 2. The summed E-state index contributed by atoms with van der Waals surface area (Å²) in [6.45, 7) is 7.23. The molecule has 0 amide bonds. The van der Waals surface area contributed by atoms with E-state index >= 15 is 0 Å². The first kappa shape index (κ1) is 16.2. The van der Waals surface area contributed by atoms with Crippen molar-refractivity contribution in [1.82, 2.24) is 9.97 Å². The molecule has 0 saturated heterocycles. The lowest BCUT2D eigenvalue weighted by molar-refractivity contribution is 0.0288. The van der Waals surface area contributed by atoms with Gasteiger partial charge in [-0.05, 0) is 39.0 Å². The fourth-order valence-corrected chi connectivity index (χ4v) is 3.34. The number of rotatable bonds is 6. The van der Waals surface area contributed by atoms with Crippen LogP contribution >= 0.6 is 0 Å². The van der Waals surface area contributed by atoms with Gasteiger partial charge in [0.05, 0.1) is 0 Å². The first-order valence-corrected chi connectivity index (χ1v) is 8.35. The van der Waals surface area contributed by atoms with E-state index in [0.717, 1.165) is 30.3 Å². The number of nitrogens with one attached hydrogen (secondary N) is 1. The van der Waals surface area contributed by atoms with Crippen LogP contribution in [0, 0.1) is 12.8 Å². The predicted octanol–water partition coefficient (Wildman–Crippen LogP) is 4.05. The zero-order valence-corrected chi connectivity index (χ0v) is 13.9. The summed E-state index contributed by atoms with van der Waals surface area (Å²) in [5.74, 6) is 2.39. The minimum absolute atomic E-state index is 0.0357. The maximum Gasteiger partial charge on any atom is 0.160 e. The monoisotopic (exact) mass is 291 g/mol. The molecule has 1 aliphatic carbocycles. The third-order valence-electron chi connectivity index (χ3n) is 4.53. The molecule has 21 heavy (non-hydrogen) atoms. The lowest BCUT2D eigenvalue weighted by Crippen LogP contribution is -2.22. The Labute approximate surface area is 128 Å². The molecule has 1 unspecified atom stereocenters. The van der Waals surface area contributed by atoms with E-state index in [0.29, 0.717) is 5.92 Å². The second-order valence-corrected chi connectivity index (χ2v) is 5.94. The average molecular weight is 291 g/mol. The molecular formula is C17H29N3O. The molecule has 1 atom stereocenters. The van der Waals surface area contributed by atoms with E-state index in [9.17, 15) is 0 Å². The van der Waals surface area contributed by atoms with Crippen LogP contribution < -0.4 is 5.32 Å². The van der Waals surface area contributed by atoms with Crippen molar-refractivity contribution in [2.75, 3.05) is 19.0 Å². The van der Waals surface area contributed by atoms with E-state index in [1.165, 1.54) is 37.7 Å². The molecule has 2 rings (SSSR count). The maximum absolute atomic E-state index is 5.80. The topological polar surface area (TPSA) is 47.0 Å². The molecule has 0 radical (unpaired) electrons. The Kier molecular flexibility index (Phi) is 5.97. The summed E-state index contributed by atoms with van der Waals surface area (Å²) in [6.07, 6.45) is 7.38. The Hall–Kier alpha value is -1.16. The van der Waals surface area contributed by atoms with Crippen molar-refractivity contribution >= 4 is 5.82 Å². The molecule has 0 spiro atoms. The largest absolute Gasteiger partial charge is 0.373 e. The summed E-state index contributed by atoms with van der Waals surface area (Å²) < 4.78 is 5.80. The molecule has 1 heterocycles. The third kappa shape index (κ3) is 3.73. The van der Waals surface area contributed by atoms with Crippen molar-refractivity contribution in [3.63, 3.8) is 0 Å². The summed E-state index contributed by atoms with van der Waals surface area (Å²) in [5, 5.41) is 3.37. The first-order valence-electron chi connectivity index (χ1n) is 8.35. The minimum atomic E-state index is 0.0357. The second-order valence-electron chi connectivity index (χ2n) is 5.94. The van der Waals surface area contributed by atoms with E-state index in [1.807, 2.05) is 0 Å². The molecular weight excluding hydrogens is 262 g/mol. The molecule has 1 aliphatic rings. The van der Waals surface area contributed by atoms with Gasteiger partial charge in [0.15, 0.2) is 5.82 Å². The van der Waals surface area contributed by atoms with Crippen LogP contribution in [-0.2, 0) is 11.2 Å². The highest BCUT2D eigenvalue weighted by molar-refractivity contribution is 5.46. The Bertz CT molecular complexity index is 456. The summed E-state index contributed by atoms with van der Waals surface area (Å²) in [4.78, 5) is 9.57. The molecule has 1 aromatic rings. The molecule has 1 saturated carbocycles. The van der Waals surface area contributed by atoms with Crippen LogP contribution in [0.1, 0.15) is 69.1 Å². The number of methoxy groups -OCH3 is 1. The molecule has 4 nitrogen and oxygen atoms in total. The van der Waals surface area contributed by atoms with Gasteiger partial charge < -0.3 is 10.1 Å². The molecule has 0 aromatic carbocycles. The number of hydrogen-bond acceptors (Lipinski definition) is 4. The molecule has 0 aliphatic heterocycles. The summed E-state index contributed by atoms with van der Waals surface area (Å²) >= 11 is 0. The van der Waals surface area contributed by atoms with Gasteiger partial charge in [-0.2, -0.15) is 0 Å². The van der Waals surface area contributed by atoms with Crippen molar-refractivity contribution in [3.05, 3.63) is 17.1 Å². The van der Waals surface area contributed by atoms with Crippen LogP contribution in [0.4, 0.5) is 5.82 Å². The van der Waals surface area contributed by atoms with Crippen molar-refractivity contribution in [2.45, 2.75) is 65.4 Å². The second kappa shape index (κ2) is 7.74. The Balaban J connectivity index is 2.33. The standard InChI is InChI=1S/C17H29N3O/c1-5-14-12(3)16(18-6-2)20-17(19-14)15(21-4)13-10-8-7-9-11-13/h13,15H,5-11H2,1-4H3,(H,18,19,20). The van der Waals surface area contributed by atoms with Gasteiger partial charge in [0.1, 0.15) is 11.9 Å². The highest BCUT2D eigenvalue weighted by atomic mass is 16.5. The van der Waals surface area contributed by atoms with Crippen molar-refractivity contribution < 1.29 is 4.74 Å². The fraction of sp³-hybridized carbons (Fsp3) is 0.765. The van der Waals surface area contributed by atoms with Crippen LogP contribution in [-0.4, -0.2) is 23.6 Å². The average Bonchev–Trinajstić information content (AvgIpc) is 2.52. The molecule has 1 N–H and O–H groups in total. The Morgan fingerprint density at radius 3 is 2.48 bits per heavy atom. The lowest BCUT2D eigenvalue weighted by atomic mass is 9.85. The highest BCUT2D eigenvalue weighted by Gasteiger charge is 2.28. The van der Waals surface area contributed by atoms with Crippen molar-refractivity contribution in [2.24, 2.45) is 5.92 Å². The predicted molar refractivity (Wildman–Crippen MR) is 86.6 cm³/mol. The maximum atomic E-state index is 5.80. The smallest absolute Gasteiger partial charge is 0.160 e. The van der Waals surface area contributed by atoms with Crippen molar-refractivity contribution in [3.8, 4) is 0 Å². The SMILES string of the molecule is CCNc1nc(C(OC)C2CCCCC2)nc(CC)c1C. The molecule has 1 fully saturated rings. The minimum Gasteiger partial charge on any atom is -0.373 e. The van der Waals surface area contributed by atoms with Crippen LogP contribution in [0.3, 0.4) is 0 Å². The van der Waals surface area contributed by atoms with Crippen LogP contribution in [0.25, 0.3) is 0 Å². The van der Waals surface area contributed by atoms with E-state index in [-0.39, 0.29) is 6.10 Å². The van der Waals surface area contributed by atoms with E-state index < -0.39 is 0 Å². The van der Waals surface area contributed by atoms with Gasteiger partial charge >= 0.3 is 0 Å². The van der Waals surface area contributed by atoms with Gasteiger partial charge in [0.25, 0.3) is 0 Å². The van der Waals surface area contributed by atoms with Crippen LogP contribution in [0.5, 0.6) is 0 Å². The molecule has 1 aromatic heterocycles. The molecule has 4 heteroatoms. The van der Waals surface area contributed by atoms with Crippen LogP contribution in [0.2, 0.25) is 0 Å². The van der Waals surface area contributed by atoms with Crippen LogP contribution in [0.15, 0.2) is 0 Å². The van der Waals surface area contributed by atoms with Gasteiger partial charge in [-0.3, -0.25) is 0 Å². The summed E-state index contributed by atoms with van der Waals surface area (Å²) in [7, 11) is 1.79. The first-order chi connectivity index (χ1) is 10.2. The Morgan fingerprint density at radius 1 is 1.19 bits per heavy atom. The van der Waals surface area contributed by atoms with Gasteiger partial charge in [0.2, 0.25) is 0 Å². The fourth-order valence-electron chi connectivity index (χ4n) is 3.34. The lowest BCUT2D eigenvalue weighted by Gasteiger charge is -2.29. The van der Waals surface area contributed by atoms with Gasteiger partial charge in [-0.1, -0.05) is 26.2 Å².